The van der Waals surface area contributed by atoms with Crippen LogP contribution in [0.1, 0.15) is 22.8 Å². The van der Waals surface area contributed by atoms with Gasteiger partial charge in [-0.3, -0.25) is 9.59 Å². The van der Waals surface area contributed by atoms with Crippen molar-refractivity contribution >= 4 is 53.2 Å². The molecule has 2 atom stereocenters. The zero-order chi connectivity index (χ0) is 25.1. The summed E-state index contributed by atoms with van der Waals surface area (Å²) in [6.45, 7) is 0.327. The molecule has 190 valence electrons. The zero-order valence-corrected chi connectivity index (χ0v) is 21.9. The van der Waals surface area contributed by atoms with Crippen LogP contribution in [0, 0.1) is 0 Å². The molecule has 7 nitrogen and oxygen atoms in total. The summed E-state index contributed by atoms with van der Waals surface area (Å²) in [6, 6.07) is 17.1. The maximum Gasteiger partial charge on any atom is 0.322 e. The summed E-state index contributed by atoms with van der Waals surface area (Å²) in [6.07, 6.45) is -0.505. The Morgan fingerprint density at radius 3 is 2.42 bits per heavy atom. The van der Waals surface area contributed by atoms with Crippen molar-refractivity contribution in [3.8, 4) is 11.5 Å². The topological polar surface area (TPSA) is 91.1 Å². The number of hydrogen-bond acceptors (Lipinski definition) is 6. The number of fused-ring (bicyclic) bond motifs is 1. The van der Waals surface area contributed by atoms with Gasteiger partial charge in [0.1, 0.15) is 24.1 Å². The lowest BCUT2D eigenvalue weighted by atomic mass is 10.0. The van der Waals surface area contributed by atoms with E-state index in [0.717, 1.165) is 11.1 Å². The van der Waals surface area contributed by atoms with Crippen molar-refractivity contribution in [1.82, 2.24) is 0 Å². The van der Waals surface area contributed by atoms with Crippen LogP contribution in [0.2, 0.25) is 10.0 Å². The maximum absolute atomic E-state index is 13.1. The van der Waals surface area contributed by atoms with Crippen LogP contribution >= 0.6 is 35.6 Å². The van der Waals surface area contributed by atoms with Gasteiger partial charge in [-0.2, -0.15) is 0 Å². The minimum Gasteiger partial charge on any atom is -0.489 e. The fourth-order valence-corrected chi connectivity index (χ4v) is 4.08. The Hall–Kier alpha value is -2.97. The van der Waals surface area contributed by atoms with Crippen molar-refractivity contribution in [2.45, 2.75) is 25.2 Å². The number of nitrogens with two attached hydrogens (primary N) is 1. The molecule has 0 saturated carbocycles. The van der Waals surface area contributed by atoms with E-state index in [-0.39, 0.29) is 24.7 Å². The summed E-state index contributed by atoms with van der Waals surface area (Å²) < 4.78 is 16.5. The molecule has 2 N–H and O–H groups in total. The molecule has 0 radical (unpaired) electrons. The van der Waals surface area contributed by atoms with Crippen LogP contribution in [0.25, 0.3) is 0 Å². The Labute approximate surface area is 225 Å². The van der Waals surface area contributed by atoms with Gasteiger partial charge in [-0.25, -0.2) is 0 Å². The van der Waals surface area contributed by atoms with Crippen LogP contribution in [-0.4, -0.2) is 32.1 Å². The normalized spacial score (nSPS) is 15.3. The summed E-state index contributed by atoms with van der Waals surface area (Å²) in [5.74, 6) is 0.500. The van der Waals surface area contributed by atoms with E-state index < -0.39 is 18.1 Å². The molecule has 10 heteroatoms. The van der Waals surface area contributed by atoms with Crippen molar-refractivity contribution in [3.63, 3.8) is 0 Å². The lowest BCUT2D eigenvalue weighted by Crippen LogP contribution is -2.38. The molecule has 2 unspecified atom stereocenters. The number of benzene rings is 3. The molecule has 1 heterocycles. The van der Waals surface area contributed by atoms with Gasteiger partial charge < -0.3 is 24.8 Å². The number of amides is 1. The Morgan fingerprint density at radius 1 is 1.06 bits per heavy atom. The lowest BCUT2D eigenvalue weighted by Gasteiger charge is -2.32. The molecule has 0 aromatic heterocycles. The molecule has 0 spiro atoms. The van der Waals surface area contributed by atoms with Gasteiger partial charge in [0.05, 0.1) is 22.8 Å². The molecule has 0 aliphatic carbocycles. The highest BCUT2D eigenvalue weighted by Crippen LogP contribution is 2.39. The number of carbonyl (C=O) groups is 2. The standard InChI is InChI=1S/C26H24Cl2N2O5.ClH/c1-30-22-13-15(12-21(29)26(32)33-2)4-10-23(22)35-24(25(30)31)17-5-7-18(8-6-17)34-14-16-3-9-19(27)20(28)11-16;/h3-11,13,21,24H,12,14,29H2,1-2H3;1H. The van der Waals surface area contributed by atoms with Crippen molar-refractivity contribution in [2.75, 3.05) is 19.1 Å². The van der Waals surface area contributed by atoms with Crippen molar-refractivity contribution < 1.29 is 23.8 Å². The Kier molecular flexibility index (Phi) is 9.08. The summed E-state index contributed by atoms with van der Waals surface area (Å²) in [5, 5.41) is 0.961. The summed E-state index contributed by atoms with van der Waals surface area (Å²) in [7, 11) is 2.99. The van der Waals surface area contributed by atoms with Gasteiger partial charge in [0.25, 0.3) is 5.91 Å². The third-order valence-corrected chi connectivity index (χ3v) is 6.46. The molecule has 3 aromatic carbocycles. The van der Waals surface area contributed by atoms with Gasteiger partial charge in [-0.1, -0.05) is 47.5 Å². The predicted molar refractivity (Wildman–Crippen MR) is 141 cm³/mol. The molecule has 1 amide bonds. The first-order chi connectivity index (χ1) is 16.8. The molecule has 1 aliphatic heterocycles. The summed E-state index contributed by atoms with van der Waals surface area (Å²) >= 11 is 12.0. The highest BCUT2D eigenvalue weighted by molar-refractivity contribution is 6.42. The number of carbonyl (C=O) groups excluding carboxylic acids is 2. The Balaban J connectivity index is 0.00000361. The van der Waals surface area contributed by atoms with E-state index >= 15 is 0 Å². The van der Waals surface area contributed by atoms with E-state index in [1.807, 2.05) is 12.1 Å². The molecule has 3 aromatic rings. The Bertz CT molecular complexity index is 1250. The molecule has 1 aliphatic rings. The maximum atomic E-state index is 13.1. The average Bonchev–Trinajstić information content (AvgIpc) is 2.87. The number of likely N-dealkylation sites (N-methyl/N-ethyl adjacent to an activating group) is 1. The van der Waals surface area contributed by atoms with E-state index in [0.29, 0.717) is 39.4 Å². The minimum atomic E-state index is -0.792. The number of hydrogen-bond donors (Lipinski definition) is 1. The molecule has 0 fully saturated rings. The largest absolute Gasteiger partial charge is 0.489 e. The minimum absolute atomic E-state index is 0. The quantitative estimate of drug-likeness (QED) is 0.409. The van der Waals surface area contributed by atoms with Gasteiger partial charge in [0, 0.05) is 12.6 Å². The second-order valence-corrected chi connectivity index (χ2v) is 8.95. The van der Waals surface area contributed by atoms with Crippen LogP contribution in [-0.2, 0) is 27.4 Å². The fourth-order valence-electron chi connectivity index (χ4n) is 3.76. The van der Waals surface area contributed by atoms with Crippen LogP contribution < -0.4 is 20.1 Å². The van der Waals surface area contributed by atoms with Gasteiger partial charge in [-0.05, 0) is 53.9 Å². The lowest BCUT2D eigenvalue weighted by molar-refractivity contribution is -0.142. The smallest absolute Gasteiger partial charge is 0.322 e. The third-order valence-electron chi connectivity index (χ3n) is 5.72. The first kappa shape index (κ1) is 27.6. The third kappa shape index (κ3) is 6.05. The average molecular weight is 552 g/mol. The molecule has 0 bridgehead atoms. The van der Waals surface area contributed by atoms with Crippen molar-refractivity contribution in [1.29, 1.82) is 0 Å². The fraction of sp³-hybridized carbons (Fsp3) is 0.231. The molecule has 0 saturated heterocycles. The Morgan fingerprint density at radius 2 is 1.75 bits per heavy atom. The number of esters is 1. The number of methoxy groups -OCH3 is 1. The van der Waals surface area contributed by atoms with Crippen LogP contribution in [0.15, 0.2) is 60.7 Å². The summed E-state index contributed by atoms with van der Waals surface area (Å²) in [5.41, 5.74) is 8.87. The highest BCUT2D eigenvalue weighted by Gasteiger charge is 2.33. The summed E-state index contributed by atoms with van der Waals surface area (Å²) in [4.78, 5) is 26.3. The predicted octanol–water partition coefficient (Wildman–Crippen LogP) is 5.13. The van der Waals surface area contributed by atoms with Gasteiger partial charge in [0.15, 0.2) is 0 Å². The van der Waals surface area contributed by atoms with Gasteiger partial charge >= 0.3 is 5.97 Å². The zero-order valence-electron chi connectivity index (χ0n) is 19.6. The molecule has 4 rings (SSSR count). The number of anilines is 1. The van der Waals surface area contributed by atoms with E-state index in [2.05, 4.69) is 4.74 Å². The van der Waals surface area contributed by atoms with Gasteiger partial charge in [-0.15, -0.1) is 12.4 Å². The SMILES string of the molecule is COC(=O)C(N)Cc1ccc2c(c1)N(C)C(=O)C(c1ccc(OCc3ccc(Cl)c(Cl)c3)cc1)O2.Cl. The number of ether oxygens (including phenoxy) is 3. The first-order valence-electron chi connectivity index (χ1n) is 10.8. The van der Waals surface area contributed by atoms with Crippen LogP contribution in [0.5, 0.6) is 11.5 Å². The van der Waals surface area contributed by atoms with E-state index in [9.17, 15) is 9.59 Å². The van der Waals surface area contributed by atoms with E-state index in [1.165, 1.54) is 7.11 Å². The molecule has 36 heavy (non-hydrogen) atoms. The van der Waals surface area contributed by atoms with Crippen molar-refractivity contribution in [3.05, 3.63) is 87.4 Å². The van der Waals surface area contributed by atoms with E-state index in [4.69, 9.17) is 38.4 Å². The first-order valence-corrected chi connectivity index (χ1v) is 11.6. The number of rotatable bonds is 7. The molecular weight excluding hydrogens is 527 g/mol. The monoisotopic (exact) mass is 550 g/mol. The number of halogens is 3. The molecular formula is C26H25Cl3N2O5. The number of nitrogens with zero attached hydrogens (tertiary/aromatic N) is 1. The van der Waals surface area contributed by atoms with Gasteiger partial charge in [0.2, 0.25) is 6.10 Å². The van der Waals surface area contributed by atoms with E-state index in [1.54, 1.807) is 60.5 Å². The highest BCUT2D eigenvalue weighted by atomic mass is 35.5. The van der Waals surface area contributed by atoms with Crippen molar-refractivity contribution in [2.24, 2.45) is 5.73 Å². The second-order valence-electron chi connectivity index (χ2n) is 8.14. The van der Waals surface area contributed by atoms with Crippen LogP contribution in [0.4, 0.5) is 5.69 Å². The van der Waals surface area contributed by atoms with Crippen LogP contribution in [0.3, 0.4) is 0 Å². The second kappa shape index (κ2) is 11.8.